The number of unbranched alkanes of at least 4 members (excludes halogenated alkanes) is 20. The van der Waals surface area contributed by atoms with E-state index < -0.39 is 15.9 Å². The zero-order chi connectivity index (χ0) is 38.3. The summed E-state index contributed by atoms with van der Waals surface area (Å²) in [5.74, 6) is 0.619. The maximum atomic E-state index is 11.9. The van der Waals surface area contributed by atoms with Crippen LogP contribution in [0.1, 0.15) is 204 Å². The molecule has 52 heavy (non-hydrogen) atoms. The van der Waals surface area contributed by atoms with Crippen LogP contribution in [-0.4, -0.2) is 14.7 Å². The number of aryl methyl sites for hydroxylation is 2. The Hall–Kier alpha value is -1.42. The molecule has 0 saturated heterocycles. The fraction of sp³-hybridized carbons (Fsp3) is 0.727. The average molecular weight is 765 g/mol. The van der Waals surface area contributed by atoms with E-state index in [0.717, 1.165) is 68.1 Å². The minimum atomic E-state index is -4.20. The second kappa shape index (κ2) is 31.9. The molecule has 0 bridgehead atoms. The van der Waals surface area contributed by atoms with Crippen molar-refractivity contribution in [2.75, 3.05) is 0 Å². The van der Waals surface area contributed by atoms with Crippen molar-refractivity contribution in [3.05, 3.63) is 58.7 Å². The summed E-state index contributed by atoms with van der Waals surface area (Å²) in [5.41, 5.74) is 4.53. The minimum Gasteiger partial charge on any atom is -0.426 e. The zero-order valence-electron chi connectivity index (χ0n) is 33.8. The Morgan fingerprint density at radius 1 is 0.500 bits per heavy atom. The first-order chi connectivity index (χ1) is 25.2. The van der Waals surface area contributed by atoms with Crippen molar-refractivity contribution in [2.24, 2.45) is 0 Å². The molecule has 0 saturated carbocycles. The SMILES string of the molecule is CCCCCCCCc1cccc(O[PH](=O)O)c1CCCCCCCC.CCCCCCCCc1cccc(P(=O)(O)O)c1CCCCCCCC. The van der Waals surface area contributed by atoms with E-state index in [1.807, 2.05) is 18.2 Å². The van der Waals surface area contributed by atoms with Gasteiger partial charge in [-0.1, -0.05) is 180 Å². The van der Waals surface area contributed by atoms with E-state index in [4.69, 9.17) is 4.52 Å². The van der Waals surface area contributed by atoms with Crippen molar-refractivity contribution in [3.8, 4) is 5.75 Å². The first-order valence-corrected chi connectivity index (χ1v) is 24.2. The number of benzene rings is 2. The van der Waals surface area contributed by atoms with Gasteiger partial charge in [-0.15, -0.1) is 0 Å². The second-order valence-corrected chi connectivity index (χ2v) is 17.1. The summed E-state index contributed by atoms with van der Waals surface area (Å²) in [7, 11) is -7.15. The molecule has 0 aliphatic heterocycles. The van der Waals surface area contributed by atoms with Gasteiger partial charge in [0.1, 0.15) is 5.75 Å². The van der Waals surface area contributed by atoms with Crippen molar-refractivity contribution < 1.29 is 28.3 Å². The van der Waals surface area contributed by atoms with E-state index >= 15 is 0 Å². The lowest BCUT2D eigenvalue weighted by Gasteiger charge is -2.16. The van der Waals surface area contributed by atoms with Gasteiger partial charge in [-0.3, -0.25) is 4.57 Å². The van der Waals surface area contributed by atoms with Gasteiger partial charge < -0.3 is 19.2 Å². The lowest BCUT2D eigenvalue weighted by Crippen LogP contribution is -2.14. The Morgan fingerprint density at radius 2 is 0.846 bits per heavy atom. The van der Waals surface area contributed by atoms with Crippen molar-refractivity contribution in [2.45, 2.75) is 207 Å². The quantitative estimate of drug-likeness (QED) is 0.0522. The summed E-state index contributed by atoms with van der Waals surface area (Å²) in [6.45, 7) is 8.92. The summed E-state index contributed by atoms with van der Waals surface area (Å²) in [6, 6.07) is 11.5. The lowest BCUT2D eigenvalue weighted by atomic mass is 9.95. The van der Waals surface area contributed by atoms with E-state index in [1.54, 1.807) is 6.07 Å². The maximum absolute atomic E-state index is 11.9. The van der Waals surface area contributed by atoms with E-state index in [0.29, 0.717) is 5.75 Å². The Bertz CT molecular complexity index is 1230. The lowest BCUT2D eigenvalue weighted by molar-refractivity contribution is 0.387. The highest BCUT2D eigenvalue weighted by atomic mass is 31.2. The van der Waals surface area contributed by atoms with Crippen LogP contribution in [0.3, 0.4) is 0 Å². The van der Waals surface area contributed by atoms with E-state index in [2.05, 4.69) is 39.8 Å². The van der Waals surface area contributed by atoms with Crippen LogP contribution in [0.5, 0.6) is 5.75 Å². The molecule has 1 atom stereocenters. The normalized spacial score (nSPS) is 12.1. The molecule has 0 aromatic heterocycles. The Labute approximate surface area is 320 Å². The largest absolute Gasteiger partial charge is 0.426 e. The molecule has 8 heteroatoms. The molecule has 2 rings (SSSR count). The highest BCUT2D eigenvalue weighted by Gasteiger charge is 2.23. The molecular formula is C44H78O6P2. The average Bonchev–Trinajstić information content (AvgIpc) is 3.11. The Morgan fingerprint density at radius 3 is 1.25 bits per heavy atom. The molecule has 0 aliphatic carbocycles. The van der Waals surface area contributed by atoms with Crippen LogP contribution in [0, 0.1) is 0 Å². The predicted octanol–water partition coefficient (Wildman–Crippen LogP) is 13.5. The van der Waals surface area contributed by atoms with E-state index in [-0.39, 0.29) is 5.30 Å². The minimum absolute atomic E-state index is 0.259. The molecule has 3 N–H and O–H groups in total. The predicted molar refractivity (Wildman–Crippen MR) is 225 cm³/mol. The number of hydrogen-bond donors (Lipinski definition) is 3. The van der Waals surface area contributed by atoms with Crippen molar-refractivity contribution >= 4 is 21.2 Å². The molecule has 2 aromatic rings. The maximum Gasteiger partial charge on any atom is 0.365 e. The molecule has 0 radical (unpaired) electrons. The molecule has 0 amide bonds. The summed E-state index contributed by atoms with van der Waals surface area (Å²) in [4.78, 5) is 28.7. The third kappa shape index (κ3) is 23.4. The summed E-state index contributed by atoms with van der Waals surface area (Å²) in [5, 5.41) is 0.259. The van der Waals surface area contributed by atoms with Crippen molar-refractivity contribution in [1.29, 1.82) is 0 Å². The van der Waals surface area contributed by atoms with Crippen LogP contribution in [0.2, 0.25) is 0 Å². The molecule has 0 spiro atoms. The van der Waals surface area contributed by atoms with Gasteiger partial charge in [-0.25, -0.2) is 4.57 Å². The molecule has 300 valence electrons. The zero-order valence-corrected chi connectivity index (χ0v) is 35.7. The van der Waals surface area contributed by atoms with Crippen molar-refractivity contribution in [3.63, 3.8) is 0 Å². The monoisotopic (exact) mass is 765 g/mol. The molecule has 1 unspecified atom stereocenters. The highest BCUT2D eigenvalue weighted by Crippen LogP contribution is 2.36. The number of hydrogen-bond acceptors (Lipinski definition) is 3. The number of rotatable bonds is 31. The van der Waals surface area contributed by atoms with Crippen LogP contribution < -0.4 is 9.83 Å². The van der Waals surface area contributed by atoms with Crippen LogP contribution in [0.15, 0.2) is 36.4 Å². The summed E-state index contributed by atoms with van der Waals surface area (Å²) >= 11 is 0. The molecule has 0 aliphatic rings. The van der Waals surface area contributed by atoms with Crippen LogP contribution in [0.4, 0.5) is 0 Å². The van der Waals surface area contributed by atoms with Gasteiger partial charge in [0.25, 0.3) is 0 Å². The van der Waals surface area contributed by atoms with Crippen LogP contribution in [-0.2, 0) is 34.8 Å². The van der Waals surface area contributed by atoms with Crippen LogP contribution >= 0.6 is 15.9 Å². The third-order valence-corrected chi connectivity index (χ3v) is 11.6. The molecule has 0 heterocycles. The molecule has 2 aromatic carbocycles. The topological polar surface area (TPSA) is 104 Å². The van der Waals surface area contributed by atoms with Gasteiger partial charge in [-0.05, 0) is 85.8 Å². The fourth-order valence-corrected chi connectivity index (χ4v) is 8.36. The first-order valence-electron chi connectivity index (χ1n) is 21.4. The molecule has 0 fully saturated rings. The van der Waals surface area contributed by atoms with Gasteiger partial charge in [0, 0.05) is 0 Å². The Balaban J connectivity index is 0.000000520. The second-order valence-electron chi connectivity index (χ2n) is 14.8. The van der Waals surface area contributed by atoms with Gasteiger partial charge in [0.2, 0.25) is 0 Å². The summed E-state index contributed by atoms with van der Waals surface area (Å²) < 4.78 is 28.4. The molecular weight excluding hydrogens is 686 g/mol. The van der Waals surface area contributed by atoms with Crippen LogP contribution in [0.25, 0.3) is 0 Å². The standard InChI is InChI=1S/2C22H39O3P/c1-3-5-7-9-11-13-16-20-17-15-19-22(26(23,24)25)21(20)18-14-12-10-8-6-4-2;1-3-5-7-9-11-13-16-20-17-15-19-22(25-26(23)24)21(20)18-14-12-10-8-6-4-2/h15,17,19H,3-14,16,18H2,1-2H3,(H2,23,24,25);15,17,19,26H,3-14,16,18H2,1-2H3,(H,23,24). The van der Waals surface area contributed by atoms with Gasteiger partial charge in [0.05, 0.1) is 5.30 Å². The van der Waals surface area contributed by atoms with Gasteiger partial charge in [-0.2, -0.15) is 0 Å². The van der Waals surface area contributed by atoms with E-state index in [1.165, 1.54) is 134 Å². The first kappa shape index (κ1) is 48.6. The smallest absolute Gasteiger partial charge is 0.365 e. The molecule has 6 nitrogen and oxygen atoms in total. The fourth-order valence-electron chi connectivity index (χ4n) is 7.09. The van der Waals surface area contributed by atoms with Gasteiger partial charge >= 0.3 is 15.9 Å². The van der Waals surface area contributed by atoms with Gasteiger partial charge in [0.15, 0.2) is 0 Å². The Kier molecular flexibility index (Phi) is 29.8. The summed E-state index contributed by atoms with van der Waals surface area (Å²) in [6.07, 6.45) is 33.5. The highest BCUT2D eigenvalue weighted by molar-refractivity contribution is 7.60. The third-order valence-electron chi connectivity index (χ3n) is 10.1. The van der Waals surface area contributed by atoms with E-state index in [9.17, 15) is 23.8 Å². The van der Waals surface area contributed by atoms with Crippen molar-refractivity contribution in [1.82, 2.24) is 0 Å².